The third-order valence-electron chi connectivity index (χ3n) is 5.07. The molecule has 0 saturated carbocycles. The number of thiazole rings is 1. The summed E-state index contributed by atoms with van der Waals surface area (Å²) in [6, 6.07) is 5.40. The zero-order chi connectivity index (χ0) is 17.7. The Bertz CT molecular complexity index is 1090. The van der Waals surface area contributed by atoms with Crippen LogP contribution in [0.1, 0.15) is 29.6 Å². The highest BCUT2D eigenvalue weighted by atomic mass is 32.1. The number of aliphatic imine (C=N–C) groups is 1. The standard InChI is InChI=1S/C20H15N3O2S/c24-19(11-4-7-16-18(8-11)26-10-21-16)22-12-5-6-14-13-2-1-3-15(13)20(25)23-17(14)9-12/h4-10,14H,1-3H2,(H,23,25). The molecule has 2 aromatic rings. The number of rotatable bonds is 1. The Morgan fingerprint density at radius 3 is 3.15 bits per heavy atom. The van der Waals surface area contributed by atoms with Crippen molar-refractivity contribution in [3.8, 4) is 0 Å². The number of carbonyl (C=O) groups excluding carboxylic acids is 2. The van der Waals surface area contributed by atoms with Crippen LogP contribution in [0.2, 0.25) is 0 Å². The van der Waals surface area contributed by atoms with Crippen LogP contribution in [-0.4, -0.2) is 22.5 Å². The summed E-state index contributed by atoms with van der Waals surface area (Å²) < 4.78 is 0.967. The van der Waals surface area contributed by atoms with Gasteiger partial charge < -0.3 is 5.32 Å². The number of carbonyl (C=O) groups is 2. The summed E-state index contributed by atoms with van der Waals surface area (Å²) in [5.41, 5.74) is 6.72. The van der Waals surface area contributed by atoms with E-state index in [1.165, 1.54) is 16.9 Å². The molecular weight excluding hydrogens is 346 g/mol. The monoisotopic (exact) mass is 361 g/mol. The molecule has 6 heteroatoms. The maximum atomic E-state index is 12.5. The Hall–Kier alpha value is -2.86. The minimum Gasteiger partial charge on any atom is -0.325 e. The van der Waals surface area contributed by atoms with E-state index in [-0.39, 0.29) is 17.7 Å². The Morgan fingerprint density at radius 1 is 1.31 bits per heavy atom. The molecule has 26 heavy (non-hydrogen) atoms. The third kappa shape index (κ3) is 2.45. The molecule has 0 spiro atoms. The number of nitrogens with zero attached hydrogens (tertiary/aromatic N) is 2. The number of aromatic nitrogens is 1. The summed E-state index contributed by atoms with van der Waals surface area (Å²) in [4.78, 5) is 33.2. The lowest BCUT2D eigenvalue weighted by Gasteiger charge is -2.28. The third-order valence-corrected chi connectivity index (χ3v) is 5.87. The number of amides is 2. The Morgan fingerprint density at radius 2 is 2.23 bits per heavy atom. The molecule has 2 heterocycles. The lowest BCUT2D eigenvalue weighted by atomic mass is 9.85. The van der Waals surface area contributed by atoms with Gasteiger partial charge in [0.15, 0.2) is 0 Å². The van der Waals surface area contributed by atoms with Crippen LogP contribution in [0, 0.1) is 5.92 Å². The van der Waals surface area contributed by atoms with E-state index in [4.69, 9.17) is 0 Å². The van der Waals surface area contributed by atoms with E-state index in [0.29, 0.717) is 11.3 Å². The van der Waals surface area contributed by atoms with Crippen LogP contribution in [0.15, 0.2) is 63.8 Å². The van der Waals surface area contributed by atoms with Crippen molar-refractivity contribution in [3.05, 3.63) is 64.3 Å². The molecule has 1 unspecified atom stereocenters. The predicted molar refractivity (Wildman–Crippen MR) is 101 cm³/mol. The first kappa shape index (κ1) is 15.4. The number of hydrogen-bond acceptors (Lipinski definition) is 4. The summed E-state index contributed by atoms with van der Waals surface area (Å²) in [6.07, 6.45) is 8.59. The predicted octanol–water partition coefficient (Wildman–Crippen LogP) is 3.56. The van der Waals surface area contributed by atoms with E-state index < -0.39 is 0 Å². The second-order valence-corrected chi connectivity index (χ2v) is 7.51. The Kier molecular flexibility index (Phi) is 3.46. The molecule has 1 aliphatic heterocycles. The van der Waals surface area contributed by atoms with Gasteiger partial charge >= 0.3 is 0 Å². The van der Waals surface area contributed by atoms with Gasteiger partial charge in [0, 0.05) is 22.8 Å². The molecule has 1 atom stereocenters. The number of hydrogen-bond donors (Lipinski definition) is 1. The van der Waals surface area contributed by atoms with Gasteiger partial charge in [-0.15, -0.1) is 11.3 Å². The molecule has 5 nitrogen and oxygen atoms in total. The van der Waals surface area contributed by atoms with Crippen LogP contribution in [0.25, 0.3) is 10.2 Å². The zero-order valence-electron chi connectivity index (χ0n) is 13.9. The van der Waals surface area contributed by atoms with E-state index in [1.54, 1.807) is 11.6 Å². The second-order valence-electron chi connectivity index (χ2n) is 6.62. The summed E-state index contributed by atoms with van der Waals surface area (Å²) >= 11 is 1.50. The molecule has 1 aromatic heterocycles. The van der Waals surface area contributed by atoms with Crippen LogP contribution < -0.4 is 5.32 Å². The maximum absolute atomic E-state index is 12.5. The summed E-state index contributed by atoms with van der Waals surface area (Å²) in [5.74, 6) is -0.178. The lowest BCUT2D eigenvalue weighted by molar-refractivity contribution is -0.117. The van der Waals surface area contributed by atoms with E-state index in [9.17, 15) is 9.59 Å². The van der Waals surface area contributed by atoms with Crippen molar-refractivity contribution in [3.63, 3.8) is 0 Å². The molecule has 128 valence electrons. The zero-order valence-corrected chi connectivity index (χ0v) is 14.7. The first-order valence-corrected chi connectivity index (χ1v) is 9.46. The summed E-state index contributed by atoms with van der Waals surface area (Å²) in [5, 5.41) is 2.97. The molecule has 1 N–H and O–H groups in total. The van der Waals surface area contributed by atoms with Gasteiger partial charge in [-0.05, 0) is 55.2 Å². The van der Waals surface area contributed by atoms with E-state index in [2.05, 4.69) is 15.3 Å². The largest absolute Gasteiger partial charge is 0.325 e. The highest BCUT2D eigenvalue weighted by Crippen LogP contribution is 2.39. The van der Waals surface area contributed by atoms with Crippen molar-refractivity contribution in [2.75, 3.05) is 0 Å². The van der Waals surface area contributed by atoms with Crippen molar-refractivity contribution in [2.45, 2.75) is 19.3 Å². The molecule has 2 aliphatic carbocycles. The topological polar surface area (TPSA) is 71.4 Å². The van der Waals surface area contributed by atoms with Gasteiger partial charge in [-0.1, -0.05) is 6.08 Å². The minimum absolute atomic E-state index is 0.00313. The molecule has 0 radical (unpaired) electrons. The number of nitrogens with one attached hydrogen (secondary N) is 1. The average molecular weight is 361 g/mol. The molecule has 0 fully saturated rings. The molecular formula is C20H15N3O2S. The Labute approximate surface area is 153 Å². The van der Waals surface area contributed by atoms with Crippen LogP contribution in [-0.2, 0) is 4.79 Å². The van der Waals surface area contributed by atoms with Gasteiger partial charge in [-0.2, -0.15) is 0 Å². The van der Waals surface area contributed by atoms with E-state index in [1.807, 2.05) is 30.4 Å². The lowest BCUT2D eigenvalue weighted by Crippen LogP contribution is -2.35. The first-order chi connectivity index (χ1) is 12.7. The minimum atomic E-state index is -0.293. The summed E-state index contributed by atoms with van der Waals surface area (Å²) in [6.45, 7) is 0. The second kappa shape index (κ2) is 5.85. The van der Waals surface area contributed by atoms with Crippen LogP contribution in [0.3, 0.4) is 0 Å². The van der Waals surface area contributed by atoms with Crippen LogP contribution >= 0.6 is 11.3 Å². The number of allylic oxidation sites excluding steroid dienone is 3. The molecule has 1 aromatic carbocycles. The number of fused-ring (bicyclic) bond motifs is 3. The average Bonchev–Trinajstić information content (AvgIpc) is 3.30. The number of benzene rings is 1. The quantitative estimate of drug-likeness (QED) is 0.844. The maximum Gasteiger partial charge on any atom is 0.277 e. The molecule has 2 amide bonds. The molecule has 0 saturated heterocycles. The van der Waals surface area contributed by atoms with Crippen molar-refractivity contribution < 1.29 is 9.59 Å². The fourth-order valence-corrected chi connectivity index (χ4v) is 4.55. The summed E-state index contributed by atoms with van der Waals surface area (Å²) in [7, 11) is 0. The van der Waals surface area contributed by atoms with Gasteiger partial charge in [0.1, 0.15) is 0 Å². The van der Waals surface area contributed by atoms with E-state index >= 15 is 0 Å². The van der Waals surface area contributed by atoms with Crippen molar-refractivity contribution in [1.29, 1.82) is 0 Å². The van der Waals surface area contributed by atoms with Crippen molar-refractivity contribution in [1.82, 2.24) is 10.3 Å². The normalized spacial score (nSPS) is 23.1. The van der Waals surface area contributed by atoms with Gasteiger partial charge in [-0.25, -0.2) is 9.98 Å². The van der Waals surface area contributed by atoms with Gasteiger partial charge in [-0.3, -0.25) is 9.59 Å². The fourth-order valence-electron chi connectivity index (χ4n) is 3.83. The molecule has 5 rings (SSSR count). The van der Waals surface area contributed by atoms with Crippen molar-refractivity contribution >= 4 is 39.1 Å². The smallest absolute Gasteiger partial charge is 0.277 e. The van der Waals surface area contributed by atoms with Gasteiger partial charge in [0.2, 0.25) is 0 Å². The van der Waals surface area contributed by atoms with Gasteiger partial charge in [0.25, 0.3) is 11.8 Å². The fraction of sp³-hybridized carbons (Fsp3) is 0.200. The Balaban J connectivity index is 1.45. The highest BCUT2D eigenvalue weighted by molar-refractivity contribution is 7.16. The van der Waals surface area contributed by atoms with Crippen molar-refractivity contribution in [2.24, 2.45) is 10.9 Å². The molecule has 0 bridgehead atoms. The SMILES string of the molecule is O=C1NC2=CC(=NC(=O)c3ccc4ncsc4c3)C=CC2C2=C1CCC2. The van der Waals surface area contributed by atoms with E-state index in [0.717, 1.165) is 40.7 Å². The highest BCUT2D eigenvalue weighted by Gasteiger charge is 2.34. The molecule has 3 aliphatic rings. The van der Waals surface area contributed by atoms with Gasteiger partial charge in [0.05, 0.1) is 21.4 Å². The van der Waals surface area contributed by atoms with Crippen LogP contribution in [0.4, 0.5) is 0 Å². The first-order valence-electron chi connectivity index (χ1n) is 8.58. The van der Waals surface area contributed by atoms with Crippen LogP contribution in [0.5, 0.6) is 0 Å².